The fourth-order valence-electron chi connectivity index (χ4n) is 8.29. The van der Waals surface area contributed by atoms with Crippen molar-refractivity contribution in [3.8, 4) is 11.1 Å². The summed E-state index contributed by atoms with van der Waals surface area (Å²) >= 11 is 0. The van der Waals surface area contributed by atoms with Gasteiger partial charge in [-0.2, -0.15) is 0 Å². The second kappa shape index (κ2) is 15.6. The first-order valence-corrected chi connectivity index (χ1v) is 20.3. The number of hydrogen-bond donors (Lipinski definition) is 4. The molecule has 0 radical (unpaired) electrons. The Morgan fingerprint density at radius 1 is 0.845 bits per heavy atom. The van der Waals surface area contributed by atoms with E-state index in [9.17, 15) is 14.4 Å². The molecule has 1 aliphatic carbocycles. The fraction of sp³-hybridized carbons (Fsp3) is 0.444. The lowest BCUT2D eigenvalue weighted by molar-refractivity contribution is -0.125. The van der Waals surface area contributed by atoms with E-state index in [-0.39, 0.29) is 35.9 Å². The number of imidazole rings is 2. The Morgan fingerprint density at radius 3 is 2.07 bits per heavy atom. The molecule has 2 aliphatic rings. The highest BCUT2D eigenvalue weighted by molar-refractivity contribution is 6.07. The zero-order chi connectivity index (χ0) is 40.9. The lowest BCUT2D eigenvalue weighted by atomic mass is 9.98. The second-order valence-corrected chi connectivity index (χ2v) is 17.3. The van der Waals surface area contributed by atoms with Crippen LogP contribution in [0.25, 0.3) is 54.7 Å². The molecule has 2 aromatic heterocycles. The van der Waals surface area contributed by atoms with Crippen LogP contribution >= 0.6 is 0 Å². The third-order valence-electron chi connectivity index (χ3n) is 11.4. The number of rotatable bonds is 11. The van der Waals surface area contributed by atoms with Gasteiger partial charge in [0, 0.05) is 30.3 Å². The van der Waals surface area contributed by atoms with E-state index in [0.717, 1.165) is 86.2 Å². The molecular weight excluding hydrogens is 735 g/mol. The van der Waals surface area contributed by atoms with Gasteiger partial charge in [-0.15, -0.1) is 0 Å². The molecule has 1 aliphatic heterocycles. The molecule has 1 saturated carbocycles. The summed E-state index contributed by atoms with van der Waals surface area (Å²) < 4.78 is 16.0. The Hall–Kier alpha value is -5.69. The molecular formula is C45H53N7O6. The van der Waals surface area contributed by atoms with Crippen molar-refractivity contribution in [3.63, 3.8) is 0 Å². The highest BCUT2D eigenvalue weighted by Crippen LogP contribution is 2.40. The maximum atomic E-state index is 13.5. The summed E-state index contributed by atoms with van der Waals surface area (Å²) in [6.45, 7) is 10.5. The second-order valence-electron chi connectivity index (χ2n) is 17.3. The van der Waals surface area contributed by atoms with Gasteiger partial charge in [0.25, 0.3) is 0 Å². The van der Waals surface area contributed by atoms with E-state index in [1.807, 2.05) is 40.7 Å². The molecule has 13 nitrogen and oxygen atoms in total. The maximum Gasteiger partial charge on any atom is 0.410 e. The van der Waals surface area contributed by atoms with E-state index < -0.39 is 17.7 Å². The quantitative estimate of drug-likeness (QED) is 0.101. The summed E-state index contributed by atoms with van der Waals surface area (Å²) in [5.74, 6) is 1.75. The standard InChI is InChI=1S/C45H53N7O6/c1-24(2)37(51-43(54)57-7)42(53)48-35(18-25-8-9-25)40-46-33-16-12-29-20-27(10-14-31(29)38(33)49-40)28-11-15-32-30(21-28)13-17-34-39(32)50-41(47-34)36-19-26(23-56-6)22-52(36)44(55)58-45(3,4)5/h10-17,20-21,24-26,35-37H,8-9,18-19,22-23H2,1-7H3,(H,46,49)(H,47,50)(H,48,53)(H,51,54)/t26-,35-,36-,37-/m0/s1. The van der Waals surface area contributed by atoms with Gasteiger partial charge in [0.2, 0.25) is 5.91 Å². The Bertz CT molecular complexity index is 2510. The normalized spacial score (nSPS) is 18.3. The van der Waals surface area contributed by atoms with Crippen LogP contribution < -0.4 is 10.6 Å². The van der Waals surface area contributed by atoms with Crippen LogP contribution in [-0.2, 0) is 19.0 Å². The number of ether oxygens (including phenoxy) is 3. The van der Waals surface area contributed by atoms with Gasteiger partial charge in [-0.25, -0.2) is 19.6 Å². The topological polar surface area (TPSA) is 164 Å². The van der Waals surface area contributed by atoms with E-state index in [1.165, 1.54) is 7.11 Å². The molecule has 3 heterocycles. The van der Waals surface area contributed by atoms with E-state index in [4.69, 9.17) is 24.2 Å². The van der Waals surface area contributed by atoms with Crippen LogP contribution in [0.4, 0.5) is 9.59 Å². The molecule has 0 unspecified atom stereocenters. The number of hydrogen-bond acceptors (Lipinski definition) is 8. The number of likely N-dealkylation sites (tertiary alicyclic amines) is 1. The molecule has 1 saturated heterocycles. The van der Waals surface area contributed by atoms with Crippen molar-refractivity contribution < 1.29 is 28.6 Å². The maximum absolute atomic E-state index is 13.5. The molecule has 304 valence electrons. The number of fused-ring (bicyclic) bond motifs is 6. The number of methoxy groups -OCH3 is 2. The number of nitrogens with zero attached hydrogens (tertiary/aromatic N) is 3. The van der Waals surface area contributed by atoms with E-state index in [0.29, 0.717) is 24.9 Å². The van der Waals surface area contributed by atoms with Crippen LogP contribution in [0.5, 0.6) is 0 Å². The number of nitrogens with one attached hydrogen (secondary N) is 4. The van der Waals surface area contributed by atoms with Gasteiger partial charge in [-0.3, -0.25) is 9.69 Å². The molecule has 4 atom stereocenters. The predicted octanol–water partition coefficient (Wildman–Crippen LogP) is 8.70. The molecule has 8 rings (SSSR count). The summed E-state index contributed by atoms with van der Waals surface area (Å²) in [4.78, 5) is 57.8. The number of aromatic nitrogens is 4. The van der Waals surface area contributed by atoms with Gasteiger partial charge >= 0.3 is 12.2 Å². The molecule has 13 heteroatoms. The summed E-state index contributed by atoms with van der Waals surface area (Å²) in [5, 5.41) is 10.0. The summed E-state index contributed by atoms with van der Waals surface area (Å²) in [7, 11) is 2.98. The Kier molecular flexibility index (Phi) is 10.5. The Labute approximate surface area is 337 Å². The van der Waals surface area contributed by atoms with Crippen LogP contribution in [0.3, 0.4) is 0 Å². The smallest absolute Gasteiger partial charge is 0.410 e. The van der Waals surface area contributed by atoms with Crippen molar-refractivity contribution in [2.75, 3.05) is 27.4 Å². The molecule has 3 amide bonds. The van der Waals surface area contributed by atoms with Gasteiger partial charge in [-0.1, -0.05) is 63.1 Å². The fourth-order valence-corrected chi connectivity index (χ4v) is 8.29. The van der Waals surface area contributed by atoms with Gasteiger partial charge in [0.15, 0.2) is 0 Å². The largest absolute Gasteiger partial charge is 0.453 e. The molecule has 4 N–H and O–H groups in total. The van der Waals surface area contributed by atoms with Gasteiger partial charge in [0.05, 0.1) is 47.9 Å². The highest BCUT2D eigenvalue weighted by Gasteiger charge is 2.40. The van der Waals surface area contributed by atoms with Crippen LogP contribution in [0.2, 0.25) is 0 Å². The minimum atomic E-state index is -0.737. The van der Waals surface area contributed by atoms with Crippen LogP contribution in [0, 0.1) is 17.8 Å². The molecule has 4 aromatic carbocycles. The van der Waals surface area contributed by atoms with E-state index >= 15 is 0 Å². The third kappa shape index (κ3) is 8.05. The predicted molar refractivity (Wildman–Crippen MR) is 224 cm³/mol. The van der Waals surface area contributed by atoms with Crippen molar-refractivity contribution >= 4 is 61.7 Å². The van der Waals surface area contributed by atoms with Crippen molar-refractivity contribution in [1.82, 2.24) is 35.5 Å². The number of carbonyl (C=O) groups excluding carboxylic acids is 3. The number of benzene rings is 4. The summed E-state index contributed by atoms with van der Waals surface area (Å²) in [6.07, 6.45) is 2.77. The number of aromatic amines is 2. The molecule has 0 spiro atoms. The molecule has 58 heavy (non-hydrogen) atoms. The van der Waals surface area contributed by atoms with Crippen LogP contribution in [0.15, 0.2) is 60.7 Å². The van der Waals surface area contributed by atoms with Gasteiger partial charge in [0.1, 0.15) is 23.3 Å². The lowest BCUT2D eigenvalue weighted by Crippen LogP contribution is -2.50. The first kappa shape index (κ1) is 39.2. The van der Waals surface area contributed by atoms with Crippen LogP contribution in [-0.4, -0.2) is 81.9 Å². The molecule has 2 fully saturated rings. The number of amides is 3. The average Bonchev–Trinajstić information content (AvgIpc) is 3.53. The van der Waals surface area contributed by atoms with Gasteiger partial charge < -0.3 is 34.8 Å². The van der Waals surface area contributed by atoms with E-state index in [2.05, 4.69) is 75.2 Å². The minimum absolute atomic E-state index is 0.133. The lowest BCUT2D eigenvalue weighted by Gasteiger charge is -2.27. The van der Waals surface area contributed by atoms with Crippen molar-refractivity contribution in [2.24, 2.45) is 17.8 Å². The molecule has 6 aromatic rings. The number of H-pyrrole nitrogens is 2. The number of carbonyl (C=O) groups is 3. The van der Waals surface area contributed by atoms with Crippen molar-refractivity contribution in [3.05, 3.63) is 72.3 Å². The highest BCUT2D eigenvalue weighted by atomic mass is 16.6. The summed E-state index contributed by atoms with van der Waals surface area (Å²) in [5.41, 5.74) is 5.07. The summed E-state index contributed by atoms with van der Waals surface area (Å²) in [6, 6.07) is 19.9. The molecule has 0 bridgehead atoms. The van der Waals surface area contributed by atoms with Crippen molar-refractivity contribution in [2.45, 2.75) is 84.0 Å². The Morgan fingerprint density at radius 2 is 1.48 bits per heavy atom. The monoisotopic (exact) mass is 787 g/mol. The van der Waals surface area contributed by atoms with Crippen molar-refractivity contribution in [1.29, 1.82) is 0 Å². The zero-order valence-corrected chi connectivity index (χ0v) is 34.3. The zero-order valence-electron chi connectivity index (χ0n) is 34.3. The Balaban J connectivity index is 1.06. The van der Waals surface area contributed by atoms with Gasteiger partial charge in [-0.05, 0) is 91.6 Å². The first-order valence-electron chi connectivity index (χ1n) is 20.3. The third-order valence-corrected chi connectivity index (χ3v) is 11.4. The SMILES string of the molecule is COC[C@H]1C[C@@H](c2nc3c(ccc4cc(-c5ccc6c(ccc7[nH]c([C@H](CC8CC8)NC(=O)[C@@H](NC(=O)OC)C(C)C)nc76)c5)ccc43)[nH]2)N(C(=O)OC(C)(C)C)C1. The first-order chi connectivity index (χ1) is 27.8. The minimum Gasteiger partial charge on any atom is -0.453 e. The average molecular weight is 788 g/mol. The van der Waals surface area contributed by atoms with Crippen LogP contribution in [0.1, 0.15) is 84.0 Å². The van der Waals surface area contributed by atoms with E-state index in [1.54, 1.807) is 12.0 Å². The number of alkyl carbamates (subject to hydrolysis) is 1.